The number of halogens is 4. The van der Waals surface area contributed by atoms with Crippen LogP contribution in [0.1, 0.15) is 82.2 Å². The van der Waals surface area contributed by atoms with E-state index in [4.69, 9.17) is 22.1 Å². The van der Waals surface area contributed by atoms with Crippen LogP contribution in [-0.4, -0.2) is 131 Å². The molecular weight excluding hydrogens is 1070 g/mol. The third-order valence-electron chi connectivity index (χ3n) is 11.9. The Labute approximate surface area is 458 Å². The minimum Gasteiger partial charge on any atom is -0.444 e. The van der Waals surface area contributed by atoms with Crippen LogP contribution >= 0.6 is 11.6 Å². The zero-order valence-electron chi connectivity index (χ0n) is 43.8. The van der Waals surface area contributed by atoms with Crippen LogP contribution in [0, 0.1) is 38.4 Å². The molecule has 0 spiro atoms. The molecule has 9 aromatic rings. The van der Waals surface area contributed by atoms with Crippen LogP contribution in [0.25, 0.3) is 16.9 Å². The molecule has 0 saturated carbocycles. The van der Waals surface area contributed by atoms with Crippen molar-refractivity contribution in [2.45, 2.75) is 72.1 Å². The zero-order valence-corrected chi connectivity index (χ0v) is 44.6. The number of hydrogen-bond acceptors (Lipinski definition) is 18. The molecule has 2 saturated heterocycles. The molecule has 29 heteroatoms. The Morgan fingerprint density at radius 2 is 1.07 bits per heavy atom. The molecule has 0 radical (unpaired) electrons. The highest BCUT2D eigenvalue weighted by molar-refractivity contribution is 6.29. The number of nitrogens with two attached hydrogens (primary N) is 1. The van der Waals surface area contributed by atoms with Gasteiger partial charge in [-0.05, 0) is 54.4 Å². The number of alkyl carbamates (subject to hydrolysis) is 1. The third kappa shape index (κ3) is 13.6. The number of rotatable bonds is 9. The number of aryl methyl sites for hydroxylation is 3. The Hall–Kier alpha value is -9.44. The van der Waals surface area contributed by atoms with Crippen LogP contribution in [0.2, 0.25) is 5.15 Å². The van der Waals surface area contributed by atoms with Crippen LogP contribution in [-0.2, 0) is 4.74 Å². The molecule has 6 N–H and O–H groups in total. The molecule has 4 amide bonds. The summed E-state index contributed by atoms with van der Waals surface area (Å²) in [6.07, 6.45) is 19.1. The summed E-state index contributed by atoms with van der Waals surface area (Å²) < 4.78 is 51.9. The van der Waals surface area contributed by atoms with Gasteiger partial charge >= 0.3 is 6.09 Å². The Balaban J connectivity index is 0.000000149. The van der Waals surface area contributed by atoms with Gasteiger partial charge in [-0.3, -0.25) is 18.8 Å². The van der Waals surface area contributed by atoms with E-state index in [9.17, 15) is 32.3 Å². The number of anilines is 5. The number of carbonyl (C=O) groups is 4. The lowest BCUT2D eigenvalue weighted by molar-refractivity contribution is 0.0508. The highest BCUT2D eigenvalue weighted by atomic mass is 35.5. The summed E-state index contributed by atoms with van der Waals surface area (Å²) in [6, 6.07) is 2.51. The van der Waals surface area contributed by atoms with Crippen LogP contribution in [0.15, 0.2) is 86.5 Å². The minimum atomic E-state index is -0.775. The second-order valence-electron chi connectivity index (χ2n) is 19.6. The van der Waals surface area contributed by atoms with Crippen molar-refractivity contribution in [2.24, 2.45) is 5.73 Å². The van der Waals surface area contributed by atoms with E-state index in [0.717, 1.165) is 25.9 Å². The largest absolute Gasteiger partial charge is 0.444 e. The van der Waals surface area contributed by atoms with Crippen molar-refractivity contribution in [1.29, 1.82) is 0 Å². The summed E-state index contributed by atoms with van der Waals surface area (Å²) in [4.78, 5) is 93.2. The molecular formula is C51H52ClF3N20O5. The highest BCUT2D eigenvalue weighted by Gasteiger charge is 2.28. The number of imidazole rings is 3. The first-order valence-corrected chi connectivity index (χ1v) is 25.1. The summed E-state index contributed by atoms with van der Waals surface area (Å²) in [5.74, 6) is -2.02. The minimum absolute atomic E-state index is 0.0409. The summed E-state index contributed by atoms with van der Waals surface area (Å²) in [6.45, 7) is 13.5. The normalized spacial score (nSPS) is 15.0. The third-order valence-corrected chi connectivity index (χ3v) is 12.1. The van der Waals surface area contributed by atoms with E-state index in [0.29, 0.717) is 47.5 Å². The Bertz CT molecular complexity index is 3760. The quantitative estimate of drug-likeness (QED) is 0.108. The first-order chi connectivity index (χ1) is 38.1. The van der Waals surface area contributed by atoms with E-state index in [2.05, 4.69) is 71.1 Å². The fraction of sp³-hybridized carbons (Fsp3) is 0.294. The van der Waals surface area contributed by atoms with E-state index in [1.807, 2.05) is 30.6 Å². The van der Waals surface area contributed by atoms with Crippen molar-refractivity contribution in [2.75, 3.05) is 51.9 Å². The maximum absolute atomic E-state index is 14.2. The van der Waals surface area contributed by atoms with Crippen LogP contribution in [0.3, 0.4) is 0 Å². The first kappa shape index (κ1) is 55.3. The number of ether oxygens (including phenoxy) is 1. The molecule has 2 aliphatic heterocycles. The monoisotopic (exact) mass is 1120 g/mol. The number of nitrogens with one attached hydrogen (secondary N) is 4. The van der Waals surface area contributed by atoms with E-state index in [-0.39, 0.29) is 62.8 Å². The van der Waals surface area contributed by atoms with Gasteiger partial charge in [-0.25, -0.2) is 58.4 Å². The van der Waals surface area contributed by atoms with Gasteiger partial charge < -0.3 is 50.3 Å². The molecule has 0 unspecified atom stereocenters. The van der Waals surface area contributed by atoms with Crippen molar-refractivity contribution in [1.82, 2.24) is 68.4 Å². The van der Waals surface area contributed by atoms with Gasteiger partial charge in [-0.1, -0.05) is 11.6 Å². The number of pyridine rings is 2. The summed E-state index contributed by atoms with van der Waals surface area (Å²) in [7, 11) is 0. The van der Waals surface area contributed by atoms with Crippen LogP contribution in [0.4, 0.5) is 46.8 Å². The Morgan fingerprint density at radius 3 is 1.55 bits per heavy atom. The standard InChI is InChI=1S/C22H26FN7O3.C17H18FN7O.C12H8ClFN6O/c1-13-10-30-12-15(7-16(23)19(30)26-13)27-20(31)17-8-25-18(9-24-17)29-6-5-14(11-29)28-21(32)33-22(2,3)4;1-10-7-25-9-12(4-13(18)16(25)22-10)23-17(26)14-5-21-15(6-20-14)24-3-2-11(19)8-24;1-6-4-20-5-9(18-10(14)11(20)17-6)19-12(21)7-2-16-8(13)3-15-7/h7-10,12,14H,5-6,11H2,1-4H3,(H,27,31)(H,28,32);4-7,9,11H,2-3,8,19H2,1H3,(H,23,26);2-5H,1H3,(H,19,21)/t14-;11-;/m11./s1. The van der Waals surface area contributed by atoms with Gasteiger partial charge in [-0.15, -0.1) is 0 Å². The number of amides is 4. The molecule has 2 aliphatic rings. The fourth-order valence-electron chi connectivity index (χ4n) is 8.40. The van der Waals surface area contributed by atoms with Gasteiger partial charge in [0, 0.05) is 75.3 Å². The molecule has 11 rings (SSSR count). The van der Waals surface area contributed by atoms with Crippen LogP contribution < -0.4 is 36.8 Å². The Kier molecular flexibility index (Phi) is 16.1. The van der Waals surface area contributed by atoms with Gasteiger partial charge in [-0.2, -0.15) is 9.37 Å². The second-order valence-corrected chi connectivity index (χ2v) is 20.0. The van der Waals surface area contributed by atoms with E-state index in [1.54, 1.807) is 58.0 Å². The molecule has 0 bridgehead atoms. The maximum Gasteiger partial charge on any atom is 0.407 e. The van der Waals surface area contributed by atoms with Crippen molar-refractivity contribution in [3.8, 4) is 0 Å². The lowest BCUT2D eigenvalue weighted by atomic mass is 10.2. The van der Waals surface area contributed by atoms with Crippen molar-refractivity contribution in [3.05, 3.63) is 143 Å². The van der Waals surface area contributed by atoms with Gasteiger partial charge in [0.15, 0.2) is 34.4 Å². The van der Waals surface area contributed by atoms with Gasteiger partial charge in [0.25, 0.3) is 23.7 Å². The van der Waals surface area contributed by atoms with Crippen molar-refractivity contribution in [3.63, 3.8) is 0 Å². The van der Waals surface area contributed by atoms with E-state index in [1.165, 1.54) is 62.5 Å². The topological polar surface area (TPSA) is 300 Å². The summed E-state index contributed by atoms with van der Waals surface area (Å²) >= 11 is 5.59. The summed E-state index contributed by atoms with van der Waals surface area (Å²) in [5, 5.41) is 10.7. The summed E-state index contributed by atoms with van der Waals surface area (Å²) in [5.41, 5.74) is 8.73. The molecule has 80 heavy (non-hydrogen) atoms. The molecule has 2 atom stereocenters. The SMILES string of the molecule is Cc1cn2cc(NC(=O)c3cnc(Cl)cn3)nc(F)c2n1.Cc1cn2cc(NC(=O)c3cnc(N4CC[C@@H](N)C4)cn3)cc(F)c2n1.Cc1cn2cc(NC(=O)c3cnc(N4CC[C@@H](NC(=O)OC(C)(C)C)C4)cn3)cc(F)c2n1. The number of fused-ring (bicyclic) bond motifs is 3. The molecule has 9 aromatic heterocycles. The predicted octanol–water partition coefficient (Wildman–Crippen LogP) is 6.16. The highest BCUT2D eigenvalue weighted by Crippen LogP contribution is 2.22. The second kappa shape index (κ2) is 23.3. The molecule has 414 valence electrons. The average molecular weight is 1120 g/mol. The van der Waals surface area contributed by atoms with Gasteiger partial charge in [0.1, 0.15) is 39.5 Å². The molecule has 2 fully saturated rings. The molecule has 0 aliphatic carbocycles. The predicted molar refractivity (Wildman–Crippen MR) is 287 cm³/mol. The number of aromatic nitrogens is 13. The maximum atomic E-state index is 14.2. The smallest absolute Gasteiger partial charge is 0.407 e. The fourth-order valence-corrected chi connectivity index (χ4v) is 8.50. The number of carbonyl (C=O) groups excluding carboxylic acids is 4. The van der Waals surface area contributed by atoms with Gasteiger partial charge in [0.05, 0.1) is 77.9 Å². The molecule has 0 aromatic carbocycles. The van der Waals surface area contributed by atoms with Gasteiger partial charge in [0.2, 0.25) is 0 Å². The lowest BCUT2D eigenvalue weighted by Crippen LogP contribution is -2.40. The Morgan fingerprint density at radius 1 is 0.600 bits per heavy atom. The average Bonchev–Trinajstić information content (AvgIpc) is 4.28. The lowest BCUT2D eigenvalue weighted by Gasteiger charge is -2.22. The van der Waals surface area contributed by atoms with Crippen molar-refractivity contribution < 1.29 is 37.1 Å². The molecule has 11 heterocycles. The van der Waals surface area contributed by atoms with E-state index >= 15 is 0 Å². The first-order valence-electron chi connectivity index (χ1n) is 24.7. The van der Waals surface area contributed by atoms with Crippen LogP contribution in [0.5, 0.6) is 0 Å². The number of hydrogen-bond donors (Lipinski definition) is 5. The van der Waals surface area contributed by atoms with E-state index < -0.39 is 47.0 Å². The van der Waals surface area contributed by atoms with Crippen molar-refractivity contribution >= 4 is 81.2 Å². The molecule has 25 nitrogen and oxygen atoms in total. The number of nitrogens with zero attached hydrogens (tertiary/aromatic N) is 15. The zero-order chi connectivity index (χ0) is 57.0.